The Kier molecular flexibility index (Phi) is 3.89. The van der Waals surface area contributed by atoms with E-state index in [4.69, 9.17) is 0 Å². The Morgan fingerprint density at radius 2 is 2.46 bits per heavy atom. The van der Waals surface area contributed by atoms with Crippen molar-refractivity contribution in [3.8, 4) is 0 Å². The fraction of sp³-hybridized carbons (Fsp3) is 0.556. The fourth-order valence-electron chi connectivity index (χ4n) is 1.04. The summed E-state index contributed by atoms with van der Waals surface area (Å²) in [4.78, 5) is 15.3. The molecule has 72 valence electrons. The molecule has 1 atom stereocenters. The van der Waals surface area contributed by atoms with Gasteiger partial charge in [-0.2, -0.15) is 0 Å². The van der Waals surface area contributed by atoms with E-state index in [0.29, 0.717) is 6.42 Å². The van der Waals surface area contributed by atoms with Crippen molar-refractivity contribution >= 4 is 17.2 Å². The summed E-state index contributed by atoms with van der Waals surface area (Å²) in [6.07, 6.45) is 3.18. The summed E-state index contributed by atoms with van der Waals surface area (Å²) >= 11 is 1.58. The Balaban J connectivity index is 2.58. The van der Waals surface area contributed by atoms with Gasteiger partial charge in [0, 0.05) is 18.0 Å². The van der Waals surface area contributed by atoms with E-state index in [1.54, 1.807) is 17.5 Å². The Morgan fingerprint density at radius 1 is 1.69 bits per heavy atom. The molecular formula is C9H14N2OS. The van der Waals surface area contributed by atoms with Crippen LogP contribution in [0.4, 0.5) is 0 Å². The van der Waals surface area contributed by atoms with Crippen molar-refractivity contribution < 1.29 is 4.79 Å². The minimum Gasteiger partial charge on any atom is -0.347 e. The smallest absolute Gasteiger partial charge is 0.220 e. The largest absolute Gasteiger partial charge is 0.347 e. The van der Waals surface area contributed by atoms with Crippen LogP contribution in [0.25, 0.3) is 0 Å². The molecule has 0 saturated heterocycles. The third-order valence-corrected chi connectivity index (χ3v) is 2.70. The van der Waals surface area contributed by atoms with E-state index in [1.165, 1.54) is 0 Å². The predicted molar refractivity (Wildman–Crippen MR) is 53.6 cm³/mol. The van der Waals surface area contributed by atoms with Gasteiger partial charge in [-0.25, -0.2) is 4.98 Å². The van der Waals surface area contributed by atoms with E-state index in [2.05, 4.69) is 10.3 Å². The topological polar surface area (TPSA) is 42.0 Å². The zero-order chi connectivity index (χ0) is 9.68. The van der Waals surface area contributed by atoms with E-state index >= 15 is 0 Å². The number of nitrogens with one attached hydrogen (secondary N) is 1. The van der Waals surface area contributed by atoms with Gasteiger partial charge in [0.2, 0.25) is 5.91 Å². The molecule has 13 heavy (non-hydrogen) atoms. The van der Waals surface area contributed by atoms with Crippen LogP contribution < -0.4 is 5.32 Å². The van der Waals surface area contributed by atoms with Gasteiger partial charge in [0.25, 0.3) is 0 Å². The number of aromatic nitrogens is 1. The molecule has 4 heteroatoms. The van der Waals surface area contributed by atoms with Crippen molar-refractivity contribution in [2.75, 3.05) is 0 Å². The van der Waals surface area contributed by atoms with E-state index in [1.807, 2.05) is 19.2 Å². The van der Waals surface area contributed by atoms with Crippen LogP contribution in [0.2, 0.25) is 0 Å². The lowest BCUT2D eigenvalue weighted by molar-refractivity contribution is -0.121. The molecule has 0 fully saturated rings. The minimum absolute atomic E-state index is 0.0852. The van der Waals surface area contributed by atoms with Crippen LogP contribution in [0, 0.1) is 0 Å². The minimum atomic E-state index is 0.0852. The molecule has 0 radical (unpaired) electrons. The molecule has 0 aliphatic heterocycles. The zero-order valence-electron chi connectivity index (χ0n) is 7.91. The highest BCUT2D eigenvalue weighted by Gasteiger charge is 2.13. The molecule has 3 nitrogen and oxygen atoms in total. The average molecular weight is 198 g/mol. The van der Waals surface area contributed by atoms with E-state index in [0.717, 1.165) is 11.4 Å². The molecule has 1 N–H and O–H groups in total. The standard InChI is InChI=1S/C9H14N2OS/c1-3-7(11-8(12)4-2)9-10-5-6-13-9/h5-7H,3-4H2,1-2H3,(H,11,12). The van der Waals surface area contributed by atoms with Crippen molar-refractivity contribution in [3.05, 3.63) is 16.6 Å². The second-order valence-corrected chi connectivity index (χ2v) is 3.68. The summed E-state index contributed by atoms with van der Waals surface area (Å²) in [5.74, 6) is 0.0852. The highest BCUT2D eigenvalue weighted by Crippen LogP contribution is 2.18. The van der Waals surface area contributed by atoms with Crippen LogP contribution >= 0.6 is 11.3 Å². The number of carbonyl (C=O) groups excluding carboxylic acids is 1. The first kappa shape index (κ1) is 10.2. The highest BCUT2D eigenvalue weighted by atomic mass is 32.1. The van der Waals surface area contributed by atoms with Crippen molar-refractivity contribution in [1.82, 2.24) is 10.3 Å². The van der Waals surface area contributed by atoms with Crippen molar-refractivity contribution in [3.63, 3.8) is 0 Å². The molecular weight excluding hydrogens is 184 g/mol. The highest BCUT2D eigenvalue weighted by molar-refractivity contribution is 7.09. The third-order valence-electron chi connectivity index (χ3n) is 1.81. The number of rotatable bonds is 4. The van der Waals surface area contributed by atoms with Crippen LogP contribution in [0.1, 0.15) is 37.7 Å². The summed E-state index contributed by atoms with van der Waals surface area (Å²) in [6.45, 7) is 3.89. The van der Waals surface area contributed by atoms with E-state index in [-0.39, 0.29) is 11.9 Å². The number of hydrogen-bond donors (Lipinski definition) is 1. The third kappa shape index (κ3) is 2.81. The molecule has 0 aliphatic rings. The normalized spacial score (nSPS) is 12.5. The Bertz CT molecular complexity index is 259. The zero-order valence-corrected chi connectivity index (χ0v) is 8.73. The molecule has 0 aromatic carbocycles. The van der Waals surface area contributed by atoms with Crippen molar-refractivity contribution in [2.45, 2.75) is 32.7 Å². The first-order chi connectivity index (χ1) is 6.27. The molecule has 0 spiro atoms. The van der Waals surface area contributed by atoms with Gasteiger partial charge < -0.3 is 5.32 Å². The molecule has 0 bridgehead atoms. The molecule has 1 aromatic rings. The van der Waals surface area contributed by atoms with Gasteiger partial charge in [-0.15, -0.1) is 11.3 Å². The maximum Gasteiger partial charge on any atom is 0.220 e. The number of amides is 1. The molecule has 1 aromatic heterocycles. The number of nitrogens with zero attached hydrogens (tertiary/aromatic N) is 1. The second kappa shape index (κ2) is 4.97. The van der Waals surface area contributed by atoms with Gasteiger partial charge in [0.1, 0.15) is 5.01 Å². The lowest BCUT2D eigenvalue weighted by atomic mass is 10.2. The summed E-state index contributed by atoms with van der Waals surface area (Å²) < 4.78 is 0. The molecule has 1 rings (SSSR count). The quantitative estimate of drug-likeness (QED) is 0.805. The lowest BCUT2D eigenvalue weighted by Crippen LogP contribution is -2.27. The van der Waals surface area contributed by atoms with Gasteiger partial charge >= 0.3 is 0 Å². The summed E-state index contributed by atoms with van der Waals surface area (Å²) in [6, 6.07) is 0.0902. The van der Waals surface area contributed by atoms with Crippen molar-refractivity contribution in [1.29, 1.82) is 0 Å². The van der Waals surface area contributed by atoms with Gasteiger partial charge in [-0.1, -0.05) is 13.8 Å². The monoisotopic (exact) mass is 198 g/mol. The molecule has 0 saturated carbocycles. The molecule has 1 heterocycles. The molecule has 1 amide bonds. The van der Waals surface area contributed by atoms with Gasteiger partial charge in [0.05, 0.1) is 6.04 Å². The number of carbonyl (C=O) groups is 1. The van der Waals surface area contributed by atoms with Crippen LogP contribution in [0.5, 0.6) is 0 Å². The maximum atomic E-state index is 11.1. The number of thiazole rings is 1. The first-order valence-corrected chi connectivity index (χ1v) is 5.34. The second-order valence-electron chi connectivity index (χ2n) is 2.75. The van der Waals surface area contributed by atoms with Crippen LogP contribution in [-0.4, -0.2) is 10.9 Å². The SMILES string of the molecule is CCC(=O)NC(CC)c1nccs1. The molecule has 1 unspecified atom stereocenters. The first-order valence-electron chi connectivity index (χ1n) is 4.46. The van der Waals surface area contributed by atoms with E-state index in [9.17, 15) is 4.79 Å². The van der Waals surface area contributed by atoms with Gasteiger partial charge in [0.15, 0.2) is 0 Å². The van der Waals surface area contributed by atoms with Crippen LogP contribution in [-0.2, 0) is 4.79 Å². The number of hydrogen-bond acceptors (Lipinski definition) is 3. The summed E-state index contributed by atoms with van der Waals surface area (Å²) in [5.41, 5.74) is 0. The predicted octanol–water partition coefficient (Wildman–Crippen LogP) is 2.12. The average Bonchev–Trinajstić information content (AvgIpc) is 2.66. The lowest BCUT2D eigenvalue weighted by Gasteiger charge is -2.13. The molecule has 0 aliphatic carbocycles. The van der Waals surface area contributed by atoms with Crippen LogP contribution in [0.15, 0.2) is 11.6 Å². The van der Waals surface area contributed by atoms with E-state index < -0.39 is 0 Å². The Morgan fingerprint density at radius 3 is 2.92 bits per heavy atom. The summed E-state index contributed by atoms with van der Waals surface area (Å²) in [5, 5.41) is 5.84. The maximum absolute atomic E-state index is 11.1. The van der Waals surface area contributed by atoms with Crippen molar-refractivity contribution in [2.24, 2.45) is 0 Å². The van der Waals surface area contributed by atoms with Crippen LogP contribution in [0.3, 0.4) is 0 Å². The Hall–Kier alpha value is -0.900. The van der Waals surface area contributed by atoms with Gasteiger partial charge in [-0.3, -0.25) is 4.79 Å². The van der Waals surface area contributed by atoms with Gasteiger partial charge in [-0.05, 0) is 6.42 Å². The summed E-state index contributed by atoms with van der Waals surface area (Å²) in [7, 11) is 0. The fourth-order valence-corrected chi connectivity index (χ4v) is 1.81. The Labute approximate surface area is 82.2 Å².